The minimum absolute atomic E-state index is 0.0639. The van der Waals surface area contributed by atoms with Gasteiger partial charge in [-0.1, -0.05) is 11.6 Å². The number of aromatic nitrogens is 2. The zero-order chi connectivity index (χ0) is 25.5. The fourth-order valence-electron chi connectivity index (χ4n) is 4.48. The van der Waals surface area contributed by atoms with Gasteiger partial charge in [0.2, 0.25) is 11.7 Å². The van der Waals surface area contributed by atoms with Gasteiger partial charge in [0.15, 0.2) is 11.6 Å². The van der Waals surface area contributed by atoms with Gasteiger partial charge in [-0.2, -0.15) is 17.6 Å². The highest BCUT2D eigenvalue weighted by atomic mass is 35.5. The van der Waals surface area contributed by atoms with Crippen LogP contribution in [0.25, 0.3) is 0 Å². The molecule has 0 bridgehead atoms. The highest BCUT2D eigenvalue weighted by molar-refractivity contribution is 6.30. The highest BCUT2D eigenvalue weighted by Gasteiger charge is 2.55. The maximum absolute atomic E-state index is 14.5. The summed E-state index contributed by atoms with van der Waals surface area (Å²) < 4.78 is 70.1. The van der Waals surface area contributed by atoms with Crippen molar-refractivity contribution in [2.45, 2.75) is 37.5 Å². The van der Waals surface area contributed by atoms with E-state index < -0.39 is 72.2 Å². The third-order valence-electron chi connectivity index (χ3n) is 6.05. The van der Waals surface area contributed by atoms with Gasteiger partial charge in [-0.3, -0.25) is 14.5 Å². The van der Waals surface area contributed by atoms with Gasteiger partial charge in [0.25, 0.3) is 5.91 Å². The number of likely N-dealkylation sites (tertiary alicyclic amines) is 1. The Morgan fingerprint density at radius 1 is 1.06 bits per heavy atom. The second kappa shape index (κ2) is 9.44. The van der Waals surface area contributed by atoms with Crippen LogP contribution in [0, 0.1) is 17.6 Å². The Kier molecular flexibility index (Phi) is 6.71. The molecule has 2 saturated heterocycles. The minimum atomic E-state index is -4.80. The van der Waals surface area contributed by atoms with Gasteiger partial charge in [-0.25, -0.2) is 14.4 Å². The summed E-state index contributed by atoms with van der Waals surface area (Å²) in [5.41, 5.74) is 5.59. The molecular weight excluding hydrogens is 499 g/mol. The Morgan fingerprint density at radius 3 is 2.49 bits per heavy atom. The van der Waals surface area contributed by atoms with E-state index in [2.05, 4.69) is 15.3 Å². The van der Waals surface area contributed by atoms with Gasteiger partial charge in [-0.15, -0.1) is 0 Å². The van der Waals surface area contributed by atoms with Gasteiger partial charge < -0.3 is 16.0 Å². The van der Waals surface area contributed by atoms with Crippen LogP contribution < -0.4 is 16.0 Å². The van der Waals surface area contributed by atoms with Crippen LogP contribution in [0.4, 0.5) is 39.3 Å². The Balaban J connectivity index is 1.65. The van der Waals surface area contributed by atoms with Crippen LogP contribution in [-0.4, -0.2) is 58.0 Å². The van der Waals surface area contributed by atoms with E-state index >= 15 is 0 Å². The highest BCUT2D eigenvalue weighted by Crippen LogP contribution is 2.40. The maximum Gasteiger partial charge on any atom is 0.394 e. The largest absolute Gasteiger partial charge is 0.394 e. The van der Waals surface area contributed by atoms with E-state index in [1.807, 2.05) is 0 Å². The predicted molar refractivity (Wildman–Crippen MR) is 116 cm³/mol. The van der Waals surface area contributed by atoms with Crippen LogP contribution in [0.1, 0.15) is 19.3 Å². The molecule has 2 amide bonds. The van der Waals surface area contributed by atoms with Crippen molar-refractivity contribution in [1.29, 1.82) is 0 Å². The molecule has 3 N–H and O–H groups in total. The second-order valence-electron chi connectivity index (χ2n) is 8.30. The number of carbonyl (C=O) groups is 2. The standard InChI is InChI=1S/C21H20ClF5N6O2/c22-10-6-11(23)8-12(7-10)31-14-2-1-4-32(19(14)34)16-13(21(25,26)27)3-5-33(20(16)35)18-15(24)17(28)29-9-30-18/h6-9,13-14,16,31H,1-5H2,(H2,28,29,30)/t13?,14-,16?/m1/s1. The normalized spacial score (nSPS) is 23.5. The Labute approximate surface area is 201 Å². The molecule has 3 atom stereocenters. The first kappa shape index (κ1) is 24.9. The summed E-state index contributed by atoms with van der Waals surface area (Å²) in [4.78, 5) is 35.3. The molecule has 2 aliphatic heterocycles. The summed E-state index contributed by atoms with van der Waals surface area (Å²) in [6.45, 7) is -0.593. The van der Waals surface area contributed by atoms with Crippen molar-refractivity contribution in [3.05, 3.63) is 41.2 Å². The van der Waals surface area contributed by atoms with Gasteiger partial charge in [0.1, 0.15) is 24.2 Å². The van der Waals surface area contributed by atoms with Crippen molar-refractivity contribution in [2.75, 3.05) is 29.0 Å². The number of piperidine rings is 2. The zero-order valence-electron chi connectivity index (χ0n) is 18.0. The van der Waals surface area contributed by atoms with Crippen LogP contribution in [-0.2, 0) is 9.59 Å². The van der Waals surface area contributed by atoms with Crippen molar-refractivity contribution in [2.24, 2.45) is 5.92 Å². The van der Waals surface area contributed by atoms with E-state index in [0.29, 0.717) is 0 Å². The van der Waals surface area contributed by atoms with Gasteiger partial charge in [0, 0.05) is 23.8 Å². The number of rotatable bonds is 4. The molecule has 2 aromatic rings. The predicted octanol–water partition coefficient (Wildman–Crippen LogP) is 3.38. The number of nitrogens with zero attached hydrogens (tertiary/aromatic N) is 4. The molecule has 0 saturated carbocycles. The fourth-order valence-corrected chi connectivity index (χ4v) is 4.70. The molecular formula is C21H20ClF5N6O2. The molecule has 2 fully saturated rings. The third kappa shape index (κ3) is 4.95. The van der Waals surface area contributed by atoms with Crippen LogP contribution in [0.5, 0.6) is 0 Å². The first-order valence-electron chi connectivity index (χ1n) is 10.6. The molecule has 1 aromatic heterocycles. The van der Waals surface area contributed by atoms with Crippen molar-refractivity contribution in [3.8, 4) is 0 Å². The Hall–Kier alpha value is -3.22. The topological polar surface area (TPSA) is 104 Å². The minimum Gasteiger partial charge on any atom is -0.381 e. The average molecular weight is 519 g/mol. The lowest BCUT2D eigenvalue weighted by Gasteiger charge is -2.45. The van der Waals surface area contributed by atoms with Crippen LogP contribution in [0.2, 0.25) is 5.02 Å². The molecule has 3 heterocycles. The Bertz CT molecular complexity index is 1130. The number of carbonyl (C=O) groups excluding carboxylic acids is 2. The molecule has 35 heavy (non-hydrogen) atoms. The summed E-state index contributed by atoms with van der Waals surface area (Å²) in [6.07, 6.45) is -3.98. The lowest BCUT2D eigenvalue weighted by Crippen LogP contribution is -2.64. The molecule has 188 valence electrons. The number of nitrogens with one attached hydrogen (secondary N) is 1. The number of halogens is 6. The van der Waals surface area contributed by atoms with Gasteiger partial charge in [0.05, 0.1) is 5.92 Å². The second-order valence-corrected chi connectivity index (χ2v) is 8.73. The van der Waals surface area contributed by atoms with E-state index in [0.717, 1.165) is 28.3 Å². The first-order valence-corrected chi connectivity index (χ1v) is 11.0. The van der Waals surface area contributed by atoms with Crippen molar-refractivity contribution in [1.82, 2.24) is 14.9 Å². The van der Waals surface area contributed by atoms with E-state index in [1.165, 1.54) is 6.07 Å². The van der Waals surface area contributed by atoms with Crippen LogP contribution in [0.15, 0.2) is 24.5 Å². The van der Waals surface area contributed by atoms with Crippen molar-refractivity contribution in [3.63, 3.8) is 0 Å². The number of hydrogen-bond acceptors (Lipinski definition) is 6. The molecule has 14 heteroatoms. The zero-order valence-corrected chi connectivity index (χ0v) is 18.8. The van der Waals surface area contributed by atoms with E-state index in [-0.39, 0.29) is 30.1 Å². The number of amides is 2. The summed E-state index contributed by atoms with van der Waals surface area (Å²) in [5, 5.41) is 2.85. The lowest BCUT2D eigenvalue weighted by atomic mass is 9.87. The Morgan fingerprint density at radius 2 is 1.80 bits per heavy atom. The third-order valence-corrected chi connectivity index (χ3v) is 6.27. The quantitative estimate of drug-likeness (QED) is 0.601. The number of hydrogen-bond donors (Lipinski definition) is 2. The van der Waals surface area contributed by atoms with Crippen LogP contribution >= 0.6 is 11.6 Å². The van der Waals surface area contributed by atoms with E-state index in [4.69, 9.17) is 17.3 Å². The summed E-state index contributed by atoms with van der Waals surface area (Å²) in [6, 6.07) is 0.555. The average Bonchev–Trinajstić information content (AvgIpc) is 2.76. The molecule has 4 rings (SSSR count). The molecule has 0 spiro atoms. The molecule has 0 aliphatic carbocycles. The van der Waals surface area contributed by atoms with E-state index in [9.17, 15) is 31.5 Å². The number of benzene rings is 1. The molecule has 2 unspecified atom stereocenters. The molecule has 1 aromatic carbocycles. The number of anilines is 3. The summed E-state index contributed by atoms with van der Waals surface area (Å²) in [5.74, 6) is -6.99. The molecule has 0 radical (unpaired) electrons. The summed E-state index contributed by atoms with van der Waals surface area (Å²) in [7, 11) is 0. The van der Waals surface area contributed by atoms with Gasteiger partial charge in [-0.05, 0) is 37.5 Å². The number of nitrogens with two attached hydrogens (primary N) is 1. The van der Waals surface area contributed by atoms with Crippen molar-refractivity contribution >= 4 is 40.7 Å². The SMILES string of the molecule is Nc1ncnc(N2CCC(C(F)(F)F)C(N3CCC[C@@H](Nc4cc(F)cc(Cl)c4)C3=O)C2=O)c1F. The smallest absolute Gasteiger partial charge is 0.381 e. The summed E-state index contributed by atoms with van der Waals surface area (Å²) >= 11 is 5.84. The maximum atomic E-state index is 14.5. The number of nitrogen functional groups attached to an aromatic ring is 1. The van der Waals surface area contributed by atoms with Gasteiger partial charge >= 0.3 is 6.18 Å². The lowest BCUT2D eigenvalue weighted by molar-refractivity contribution is -0.200. The molecule has 2 aliphatic rings. The van der Waals surface area contributed by atoms with Crippen molar-refractivity contribution < 1.29 is 31.5 Å². The first-order chi connectivity index (χ1) is 16.5. The fraction of sp³-hybridized carbons (Fsp3) is 0.429. The number of alkyl halides is 3. The van der Waals surface area contributed by atoms with Crippen LogP contribution in [0.3, 0.4) is 0 Å². The monoisotopic (exact) mass is 518 g/mol. The molecule has 8 nitrogen and oxygen atoms in total. The van der Waals surface area contributed by atoms with E-state index in [1.54, 1.807) is 0 Å².